The summed E-state index contributed by atoms with van der Waals surface area (Å²) in [6, 6.07) is 15.6. The molecule has 170 valence electrons. The van der Waals surface area contributed by atoms with Crippen molar-refractivity contribution in [2.24, 2.45) is 0 Å². The average Bonchev–Trinajstić information content (AvgIpc) is 3.09. The number of hydrogen-bond acceptors (Lipinski definition) is 5. The maximum absolute atomic E-state index is 13.7. The lowest BCUT2D eigenvalue weighted by atomic mass is 9.94. The number of halogens is 2. The van der Waals surface area contributed by atoms with E-state index < -0.39 is 29.3 Å². The van der Waals surface area contributed by atoms with Crippen LogP contribution in [0.15, 0.2) is 66.2 Å². The van der Waals surface area contributed by atoms with Crippen LogP contribution in [0.3, 0.4) is 0 Å². The molecule has 1 amide bonds. The van der Waals surface area contributed by atoms with E-state index in [-0.39, 0.29) is 21.9 Å². The van der Waals surface area contributed by atoms with Crippen LogP contribution in [0.5, 0.6) is 5.75 Å². The van der Waals surface area contributed by atoms with E-state index in [1.807, 2.05) is 6.07 Å². The average molecular weight is 477 g/mol. The molecule has 3 aromatic carbocycles. The van der Waals surface area contributed by atoms with Crippen LogP contribution in [0.25, 0.3) is 5.76 Å². The van der Waals surface area contributed by atoms with Crippen molar-refractivity contribution >= 4 is 34.7 Å². The molecule has 1 atom stereocenters. The van der Waals surface area contributed by atoms with Gasteiger partial charge in [0.15, 0.2) is 0 Å². The summed E-state index contributed by atoms with van der Waals surface area (Å²) in [7, 11) is 1.38. The Labute approximate surface area is 200 Å². The number of aliphatic hydroxyl groups is 1. The molecule has 0 bridgehead atoms. The third kappa shape index (κ3) is 3.89. The number of nitriles is 1. The standard InChI is InChI=1S/C26H18ClFN2O4/c1-14-11-19(25(34-2)20(27)12-14)23(31)21-22(16-5-7-17(28)8-6-16)30(26(33)24(21)32)18-9-3-15(13-29)4-10-18/h3-12,22,31H,1-2H3/b23-21+. The van der Waals surface area contributed by atoms with Gasteiger partial charge in [-0.3, -0.25) is 14.5 Å². The molecular weight excluding hydrogens is 459 g/mol. The largest absolute Gasteiger partial charge is 0.507 e. The number of carbonyl (C=O) groups is 2. The third-order valence-corrected chi connectivity index (χ3v) is 5.83. The van der Waals surface area contributed by atoms with Crippen LogP contribution < -0.4 is 9.64 Å². The van der Waals surface area contributed by atoms with Crippen LogP contribution >= 0.6 is 11.6 Å². The summed E-state index contributed by atoms with van der Waals surface area (Å²) in [5.41, 5.74) is 1.77. The maximum Gasteiger partial charge on any atom is 0.300 e. The number of ketones is 1. The first-order valence-corrected chi connectivity index (χ1v) is 10.6. The van der Waals surface area contributed by atoms with E-state index in [0.717, 1.165) is 0 Å². The minimum absolute atomic E-state index is 0.146. The summed E-state index contributed by atoms with van der Waals surface area (Å²) in [4.78, 5) is 27.6. The summed E-state index contributed by atoms with van der Waals surface area (Å²) < 4.78 is 19.0. The maximum atomic E-state index is 13.7. The van der Waals surface area contributed by atoms with Crippen LogP contribution in [0.2, 0.25) is 5.02 Å². The normalized spacial score (nSPS) is 17.0. The van der Waals surface area contributed by atoms with Crippen molar-refractivity contribution in [3.05, 3.63) is 99.3 Å². The molecule has 0 spiro atoms. The van der Waals surface area contributed by atoms with E-state index in [2.05, 4.69) is 0 Å². The van der Waals surface area contributed by atoms with Crippen molar-refractivity contribution in [2.75, 3.05) is 12.0 Å². The quantitative estimate of drug-likeness (QED) is 0.314. The fourth-order valence-corrected chi connectivity index (χ4v) is 4.36. The van der Waals surface area contributed by atoms with Gasteiger partial charge in [0.1, 0.15) is 17.3 Å². The molecule has 6 nitrogen and oxygen atoms in total. The molecule has 1 unspecified atom stereocenters. The van der Waals surface area contributed by atoms with E-state index in [9.17, 15) is 19.1 Å². The Morgan fingerprint density at radius 3 is 2.35 bits per heavy atom. The number of amides is 1. The molecule has 0 aromatic heterocycles. The second-order valence-electron chi connectivity index (χ2n) is 7.71. The van der Waals surface area contributed by atoms with E-state index in [1.165, 1.54) is 60.5 Å². The van der Waals surface area contributed by atoms with E-state index in [1.54, 1.807) is 19.1 Å². The van der Waals surface area contributed by atoms with Crippen molar-refractivity contribution in [3.63, 3.8) is 0 Å². The first-order chi connectivity index (χ1) is 16.3. The van der Waals surface area contributed by atoms with Crippen LogP contribution in [0.4, 0.5) is 10.1 Å². The van der Waals surface area contributed by atoms with Crippen molar-refractivity contribution in [1.29, 1.82) is 5.26 Å². The minimum atomic E-state index is -1.06. The summed E-state index contributed by atoms with van der Waals surface area (Å²) in [5.74, 6) is -2.61. The molecule has 3 aromatic rings. The van der Waals surface area contributed by atoms with Crippen molar-refractivity contribution < 1.29 is 23.8 Å². The Morgan fingerprint density at radius 1 is 1.12 bits per heavy atom. The molecule has 0 aliphatic carbocycles. The molecule has 1 aliphatic rings. The van der Waals surface area contributed by atoms with Crippen molar-refractivity contribution in [1.82, 2.24) is 0 Å². The van der Waals surface area contributed by atoms with Crippen LogP contribution in [0.1, 0.15) is 28.3 Å². The Balaban J connectivity index is 1.99. The van der Waals surface area contributed by atoms with Crippen molar-refractivity contribution in [2.45, 2.75) is 13.0 Å². The molecule has 8 heteroatoms. The lowest BCUT2D eigenvalue weighted by Gasteiger charge is -2.25. The Hall–Kier alpha value is -4.15. The van der Waals surface area contributed by atoms with Crippen LogP contribution in [-0.2, 0) is 9.59 Å². The Bertz CT molecular complexity index is 1380. The molecule has 1 N–H and O–H groups in total. The molecule has 1 aliphatic heterocycles. The van der Waals surface area contributed by atoms with Gasteiger partial charge >= 0.3 is 0 Å². The summed E-state index contributed by atoms with van der Waals surface area (Å²) >= 11 is 6.29. The van der Waals surface area contributed by atoms with Gasteiger partial charge in [-0.25, -0.2) is 4.39 Å². The van der Waals surface area contributed by atoms with Gasteiger partial charge in [0.05, 0.1) is 40.9 Å². The lowest BCUT2D eigenvalue weighted by Crippen LogP contribution is -2.29. The molecule has 0 radical (unpaired) electrons. The van der Waals surface area contributed by atoms with Crippen LogP contribution in [-0.4, -0.2) is 23.9 Å². The highest BCUT2D eigenvalue weighted by Gasteiger charge is 2.47. The van der Waals surface area contributed by atoms with Gasteiger partial charge < -0.3 is 9.84 Å². The lowest BCUT2D eigenvalue weighted by molar-refractivity contribution is -0.132. The summed E-state index contributed by atoms with van der Waals surface area (Å²) in [6.07, 6.45) is 0. The van der Waals surface area contributed by atoms with Gasteiger partial charge in [0.2, 0.25) is 0 Å². The number of nitrogens with zero attached hydrogens (tertiary/aromatic N) is 2. The summed E-state index contributed by atoms with van der Waals surface area (Å²) in [6.45, 7) is 1.76. The molecule has 0 saturated carbocycles. The number of Topliss-reactive ketones (excluding diaryl/α,β-unsaturated/α-hetero) is 1. The fraction of sp³-hybridized carbons (Fsp3) is 0.115. The predicted octanol–water partition coefficient (Wildman–Crippen LogP) is 5.29. The highest BCUT2D eigenvalue weighted by Crippen LogP contribution is 2.44. The molecular formula is C26H18ClFN2O4. The zero-order valence-corrected chi connectivity index (χ0v) is 18.9. The Kier molecular flexibility index (Phi) is 6.10. The number of hydrogen-bond donors (Lipinski definition) is 1. The van der Waals surface area contributed by atoms with Gasteiger partial charge in [-0.15, -0.1) is 0 Å². The second kappa shape index (κ2) is 9.00. The monoisotopic (exact) mass is 476 g/mol. The van der Waals surface area contributed by atoms with Crippen molar-refractivity contribution in [3.8, 4) is 11.8 Å². The molecule has 1 fully saturated rings. The number of ether oxygens (including phenoxy) is 1. The zero-order chi connectivity index (χ0) is 24.6. The van der Waals surface area contributed by atoms with E-state index in [0.29, 0.717) is 22.4 Å². The van der Waals surface area contributed by atoms with Gasteiger partial charge in [-0.1, -0.05) is 23.7 Å². The molecule has 4 rings (SSSR count). The highest BCUT2D eigenvalue weighted by molar-refractivity contribution is 6.51. The predicted molar refractivity (Wildman–Crippen MR) is 125 cm³/mol. The number of aryl methyl sites for hydroxylation is 1. The molecule has 1 saturated heterocycles. The van der Waals surface area contributed by atoms with Gasteiger partial charge in [-0.2, -0.15) is 5.26 Å². The smallest absolute Gasteiger partial charge is 0.300 e. The first-order valence-electron chi connectivity index (χ1n) is 10.2. The number of methoxy groups -OCH3 is 1. The first kappa shape index (κ1) is 23.0. The number of rotatable bonds is 4. The van der Waals surface area contributed by atoms with E-state index >= 15 is 0 Å². The van der Waals surface area contributed by atoms with Gasteiger partial charge in [0, 0.05) is 5.69 Å². The summed E-state index contributed by atoms with van der Waals surface area (Å²) in [5, 5.41) is 20.6. The van der Waals surface area contributed by atoms with Gasteiger partial charge in [-0.05, 0) is 66.6 Å². The topological polar surface area (TPSA) is 90.6 Å². The third-order valence-electron chi connectivity index (χ3n) is 5.55. The minimum Gasteiger partial charge on any atom is -0.507 e. The number of benzene rings is 3. The second-order valence-corrected chi connectivity index (χ2v) is 8.11. The fourth-order valence-electron chi connectivity index (χ4n) is 4.01. The van der Waals surface area contributed by atoms with E-state index in [4.69, 9.17) is 21.6 Å². The zero-order valence-electron chi connectivity index (χ0n) is 18.2. The highest BCUT2D eigenvalue weighted by atomic mass is 35.5. The molecule has 1 heterocycles. The SMILES string of the molecule is COc1c(Cl)cc(C)cc1/C(O)=C1\C(=O)C(=O)N(c2ccc(C#N)cc2)C1c1ccc(F)cc1. The number of aliphatic hydroxyl groups excluding tert-OH is 1. The number of carbonyl (C=O) groups excluding carboxylic acids is 2. The van der Waals surface area contributed by atoms with Gasteiger partial charge in [0.25, 0.3) is 11.7 Å². The molecule has 34 heavy (non-hydrogen) atoms. The van der Waals surface area contributed by atoms with Crippen LogP contribution in [0, 0.1) is 24.1 Å². The Morgan fingerprint density at radius 2 is 1.76 bits per heavy atom. The number of anilines is 1.